The first-order valence-electron chi connectivity index (χ1n) is 4.10. The van der Waals surface area contributed by atoms with E-state index < -0.39 is 0 Å². The zero-order chi connectivity index (χ0) is 8.04. The fourth-order valence-corrected chi connectivity index (χ4v) is 1.13. The molecule has 1 atom stereocenters. The van der Waals surface area contributed by atoms with Gasteiger partial charge in [-0.3, -0.25) is 0 Å². The highest BCUT2D eigenvalue weighted by molar-refractivity contribution is 9.10. The average molecular weight is 203 g/mol. The van der Waals surface area contributed by atoms with E-state index in [1.54, 1.807) is 0 Å². The maximum absolute atomic E-state index is 5.87. The van der Waals surface area contributed by atoms with Crippen LogP contribution < -0.4 is 0 Å². The summed E-state index contributed by atoms with van der Waals surface area (Å²) in [6.07, 6.45) is 5.91. The van der Waals surface area contributed by atoms with Crippen LogP contribution in [0.15, 0.2) is 0 Å². The number of rotatable bonds is 5. The minimum atomic E-state index is -0.0951. The molecule has 0 heterocycles. The third kappa shape index (κ3) is 5.34. The Bertz CT molecular complexity index is 81.3. The van der Waals surface area contributed by atoms with Crippen LogP contribution in [0.5, 0.6) is 0 Å². The molecule has 58 valence electrons. The molecule has 0 aliphatic heterocycles. The lowest BCUT2D eigenvalue weighted by atomic mass is 9.80. The van der Waals surface area contributed by atoms with E-state index in [2.05, 4.69) is 29.8 Å². The summed E-state index contributed by atoms with van der Waals surface area (Å²) in [4.78, 5) is 0. The molecule has 0 rings (SSSR count). The SMILES string of the molecule is [B]C(Br)(CC)CCCCC. The summed E-state index contributed by atoms with van der Waals surface area (Å²) in [6, 6.07) is 0. The van der Waals surface area contributed by atoms with E-state index in [1.165, 1.54) is 19.3 Å². The average Bonchev–Trinajstić information content (AvgIpc) is 1.89. The molecule has 0 aliphatic carbocycles. The van der Waals surface area contributed by atoms with E-state index in [4.69, 9.17) is 7.85 Å². The number of unbranched alkanes of at least 4 members (excludes halogenated alkanes) is 2. The fraction of sp³-hybridized carbons (Fsp3) is 1.00. The fourth-order valence-electron chi connectivity index (χ4n) is 0.846. The smallest absolute Gasteiger partial charge is 0.0901 e. The number of halogens is 1. The predicted octanol–water partition coefficient (Wildman–Crippen LogP) is 3.24. The van der Waals surface area contributed by atoms with Gasteiger partial charge in [0.2, 0.25) is 0 Å². The van der Waals surface area contributed by atoms with E-state index in [9.17, 15) is 0 Å². The molecule has 0 aromatic heterocycles. The lowest BCUT2D eigenvalue weighted by Gasteiger charge is -2.20. The molecule has 0 bridgehead atoms. The molecule has 0 amide bonds. The molecule has 0 fully saturated rings. The molecule has 1 unspecified atom stereocenters. The lowest BCUT2D eigenvalue weighted by Crippen LogP contribution is -2.18. The Morgan fingerprint density at radius 3 is 2.30 bits per heavy atom. The Morgan fingerprint density at radius 2 is 1.90 bits per heavy atom. The maximum Gasteiger partial charge on any atom is 0.0901 e. The van der Waals surface area contributed by atoms with Crippen molar-refractivity contribution in [3.8, 4) is 0 Å². The van der Waals surface area contributed by atoms with Gasteiger partial charge in [0.15, 0.2) is 0 Å². The topological polar surface area (TPSA) is 0 Å². The molecule has 0 aliphatic rings. The summed E-state index contributed by atoms with van der Waals surface area (Å²) < 4.78 is -0.0951. The first kappa shape index (κ1) is 10.5. The number of hydrogen-bond donors (Lipinski definition) is 0. The molecule has 0 saturated carbocycles. The Labute approximate surface area is 74.3 Å². The van der Waals surface area contributed by atoms with Gasteiger partial charge < -0.3 is 0 Å². The van der Waals surface area contributed by atoms with Gasteiger partial charge in [0.1, 0.15) is 0 Å². The minimum absolute atomic E-state index is 0.0951. The van der Waals surface area contributed by atoms with Crippen LogP contribution in [-0.2, 0) is 0 Å². The van der Waals surface area contributed by atoms with Crippen molar-refractivity contribution in [2.24, 2.45) is 0 Å². The minimum Gasteiger partial charge on any atom is -0.0960 e. The molecule has 0 spiro atoms. The van der Waals surface area contributed by atoms with Gasteiger partial charge in [-0.25, -0.2) is 0 Å². The van der Waals surface area contributed by atoms with Crippen LogP contribution in [0.4, 0.5) is 0 Å². The van der Waals surface area contributed by atoms with E-state index in [0.29, 0.717) is 0 Å². The van der Waals surface area contributed by atoms with Crippen molar-refractivity contribution in [1.82, 2.24) is 0 Å². The maximum atomic E-state index is 5.87. The van der Waals surface area contributed by atoms with Gasteiger partial charge in [0.05, 0.1) is 7.85 Å². The summed E-state index contributed by atoms with van der Waals surface area (Å²) in [5, 5.41) is 0. The van der Waals surface area contributed by atoms with Crippen LogP contribution in [0.3, 0.4) is 0 Å². The molecule has 0 saturated heterocycles. The lowest BCUT2D eigenvalue weighted by molar-refractivity contribution is 0.609. The Hall–Kier alpha value is 0.545. The highest BCUT2D eigenvalue weighted by Gasteiger charge is 2.15. The predicted molar refractivity (Wildman–Crippen MR) is 51.8 cm³/mol. The quantitative estimate of drug-likeness (QED) is 0.365. The first-order chi connectivity index (χ1) is 4.62. The summed E-state index contributed by atoms with van der Waals surface area (Å²) in [5.41, 5.74) is 0. The third-order valence-corrected chi connectivity index (χ3v) is 2.74. The summed E-state index contributed by atoms with van der Waals surface area (Å²) in [6.45, 7) is 4.32. The molecule has 0 N–H and O–H groups in total. The summed E-state index contributed by atoms with van der Waals surface area (Å²) in [5.74, 6) is 0. The largest absolute Gasteiger partial charge is 0.0960 e. The van der Waals surface area contributed by atoms with Gasteiger partial charge in [-0.15, -0.1) is 0 Å². The molecule has 0 nitrogen and oxygen atoms in total. The zero-order valence-electron chi connectivity index (χ0n) is 6.99. The highest BCUT2D eigenvalue weighted by Crippen LogP contribution is 2.24. The highest BCUT2D eigenvalue weighted by atomic mass is 79.9. The van der Waals surface area contributed by atoms with Crippen LogP contribution in [0, 0.1) is 0 Å². The van der Waals surface area contributed by atoms with Crippen molar-refractivity contribution in [3.05, 3.63) is 0 Å². The van der Waals surface area contributed by atoms with Crippen molar-refractivity contribution >= 4 is 23.8 Å². The van der Waals surface area contributed by atoms with Crippen molar-refractivity contribution in [2.75, 3.05) is 0 Å². The van der Waals surface area contributed by atoms with Crippen molar-refractivity contribution in [2.45, 2.75) is 50.2 Å². The van der Waals surface area contributed by atoms with E-state index in [-0.39, 0.29) is 4.22 Å². The third-order valence-electron chi connectivity index (χ3n) is 1.78. The van der Waals surface area contributed by atoms with Crippen LogP contribution in [0.2, 0.25) is 0 Å². The van der Waals surface area contributed by atoms with Crippen molar-refractivity contribution in [1.29, 1.82) is 0 Å². The Kier molecular flexibility index (Phi) is 5.51. The monoisotopic (exact) mass is 202 g/mol. The second-order valence-electron chi connectivity index (χ2n) is 2.85. The van der Waals surface area contributed by atoms with Gasteiger partial charge in [0, 0.05) is 0 Å². The molecule has 0 aromatic rings. The van der Waals surface area contributed by atoms with Crippen LogP contribution in [-0.4, -0.2) is 12.1 Å². The molecule has 2 heteroatoms. The molecule has 0 aromatic carbocycles. The van der Waals surface area contributed by atoms with E-state index >= 15 is 0 Å². The van der Waals surface area contributed by atoms with Crippen molar-refractivity contribution in [3.63, 3.8) is 0 Å². The molecular formula is C8H16BBr. The van der Waals surface area contributed by atoms with Crippen LogP contribution in [0.25, 0.3) is 0 Å². The number of alkyl halides is 1. The van der Waals surface area contributed by atoms with Gasteiger partial charge in [-0.05, 0) is 17.1 Å². The Morgan fingerprint density at radius 1 is 1.30 bits per heavy atom. The zero-order valence-corrected chi connectivity index (χ0v) is 8.58. The second kappa shape index (κ2) is 5.23. The van der Waals surface area contributed by atoms with Crippen LogP contribution >= 0.6 is 15.9 Å². The first-order valence-corrected chi connectivity index (χ1v) is 4.89. The van der Waals surface area contributed by atoms with Crippen LogP contribution in [0.1, 0.15) is 46.0 Å². The number of hydrogen-bond acceptors (Lipinski definition) is 0. The summed E-state index contributed by atoms with van der Waals surface area (Å²) in [7, 11) is 5.87. The molecule has 2 radical (unpaired) electrons. The van der Waals surface area contributed by atoms with Gasteiger partial charge in [-0.1, -0.05) is 49.0 Å². The van der Waals surface area contributed by atoms with E-state index in [0.717, 1.165) is 12.8 Å². The standard InChI is InChI=1S/C8H16BBr/c1-3-5-6-7-8(9,10)4-2/h3-7H2,1-2H3. The molecular weight excluding hydrogens is 187 g/mol. The van der Waals surface area contributed by atoms with Gasteiger partial charge in [0.25, 0.3) is 0 Å². The van der Waals surface area contributed by atoms with Gasteiger partial charge >= 0.3 is 0 Å². The summed E-state index contributed by atoms with van der Waals surface area (Å²) >= 11 is 3.49. The molecule has 10 heavy (non-hydrogen) atoms. The second-order valence-corrected chi connectivity index (χ2v) is 4.42. The van der Waals surface area contributed by atoms with E-state index in [1.807, 2.05) is 0 Å². The van der Waals surface area contributed by atoms with Crippen molar-refractivity contribution < 1.29 is 0 Å². The Balaban J connectivity index is 3.28. The normalized spacial score (nSPS) is 16.7. The van der Waals surface area contributed by atoms with Gasteiger partial charge in [-0.2, -0.15) is 0 Å².